The van der Waals surface area contributed by atoms with Crippen LogP contribution >= 0.6 is 0 Å². The molecule has 0 amide bonds. The van der Waals surface area contributed by atoms with Crippen LogP contribution in [0.5, 0.6) is 0 Å². The number of carbonyl (C=O) groups is 1. The van der Waals surface area contributed by atoms with Crippen LogP contribution in [0.3, 0.4) is 0 Å². The molecule has 1 fully saturated rings. The number of hydrogen-bond donors (Lipinski definition) is 3. The number of H-pyrrole nitrogens is 1. The largest absolute Gasteiger partial charge is 0.481 e. The molecule has 2 heterocycles. The van der Waals surface area contributed by atoms with Crippen molar-refractivity contribution in [2.75, 3.05) is 6.54 Å². The van der Waals surface area contributed by atoms with Gasteiger partial charge in [-0.2, -0.15) is 0 Å². The number of carboxylic acid groups (broad SMARTS) is 1. The number of aromatic amines is 1. The predicted molar refractivity (Wildman–Crippen MR) is 82.3 cm³/mol. The average molecular weight is 280 g/mol. The molecule has 0 aliphatic carbocycles. The second kappa shape index (κ2) is 4.60. The van der Waals surface area contributed by atoms with Gasteiger partial charge in [0.15, 0.2) is 0 Å². The molecular formula is C17H16N2O2. The lowest BCUT2D eigenvalue weighted by atomic mass is 9.98. The normalized spacial score (nSPS) is 22.1. The maximum absolute atomic E-state index is 11.1. The second-order valence-electron chi connectivity index (χ2n) is 5.71. The van der Waals surface area contributed by atoms with Crippen LogP contribution in [0, 0.1) is 5.92 Å². The van der Waals surface area contributed by atoms with Crippen molar-refractivity contribution in [3.63, 3.8) is 0 Å². The molecule has 2 aromatic carbocycles. The van der Waals surface area contributed by atoms with E-state index in [4.69, 9.17) is 5.11 Å². The zero-order valence-electron chi connectivity index (χ0n) is 11.5. The SMILES string of the molecule is O=C(O)C1CNC(c2ccc3[nH]c4ccccc4c3c2)C1. The van der Waals surface area contributed by atoms with E-state index in [1.54, 1.807) is 0 Å². The molecule has 2 unspecified atom stereocenters. The summed E-state index contributed by atoms with van der Waals surface area (Å²) in [5.74, 6) is -0.994. The summed E-state index contributed by atoms with van der Waals surface area (Å²) in [5.41, 5.74) is 3.41. The minimum absolute atomic E-state index is 0.129. The lowest BCUT2D eigenvalue weighted by Crippen LogP contribution is -2.17. The maximum atomic E-state index is 11.1. The molecule has 0 bridgehead atoms. The highest BCUT2D eigenvalue weighted by molar-refractivity contribution is 6.07. The molecular weight excluding hydrogens is 264 g/mol. The lowest BCUT2D eigenvalue weighted by Gasteiger charge is -2.10. The molecule has 3 aromatic rings. The van der Waals surface area contributed by atoms with Gasteiger partial charge < -0.3 is 15.4 Å². The summed E-state index contributed by atoms with van der Waals surface area (Å²) in [6.07, 6.45) is 0.656. The van der Waals surface area contributed by atoms with Crippen molar-refractivity contribution < 1.29 is 9.90 Å². The summed E-state index contributed by atoms with van der Waals surface area (Å²) in [6, 6.07) is 14.7. The van der Waals surface area contributed by atoms with Gasteiger partial charge in [0.25, 0.3) is 0 Å². The molecule has 4 rings (SSSR count). The molecule has 2 atom stereocenters. The standard InChI is InChI=1S/C17H16N2O2/c20-17(21)11-8-16(18-9-11)10-5-6-15-13(7-10)12-3-1-2-4-14(12)19-15/h1-7,11,16,18-19H,8-9H2,(H,20,21). The minimum atomic E-state index is -0.710. The molecule has 0 radical (unpaired) electrons. The van der Waals surface area contributed by atoms with Crippen molar-refractivity contribution in [1.82, 2.24) is 10.3 Å². The summed E-state index contributed by atoms with van der Waals surface area (Å²) < 4.78 is 0. The molecule has 1 aliphatic heterocycles. The van der Waals surface area contributed by atoms with Crippen molar-refractivity contribution in [3.8, 4) is 0 Å². The number of nitrogens with one attached hydrogen (secondary N) is 2. The van der Waals surface area contributed by atoms with E-state index in [2.05, 4.69) is 40.6 Å². The molecule has 1 aromatic heterocycles. The van der Waals surface area contributed by atoms with Crippen LogP contribution in [0.2, 0.25) is 0 Å². The summed E-state index contributed by atoms with van der Waals surface area (Å²) in [4.78, 5) is 14.5. The highest BCUT2D eigenvalue weighted by atomic mass is 16.4. The molecule has 1 aliphatic rings. The Morgan fingerprint density at radius 2 is 1.90 bits per heavy atom. The van der Waals surface area contributed by atoms with E-state index in [-0.39, 0.29) is 12.0 Å². The Balaban J connectivity index is 1.77. The Kier molecular flexibility index (Phi) is 2.72. The summed E-state index contributed by atoms with van der Waals surface area (Å²) >= 11 is 0. The predicted octanol–water partition coefficient (Wildman–Crippen LogP) is 3.06. The zero-order valence-corrected chi connectivity index (χ0v) is 11.5. The van der Waals surface area contributed by atoms with Crippen molar-refractivity contribution in [1.29, 1.82) is 0 Å². The fourth-order valence-electron chi connectivity index (χ4n) is 3.26. The Labute approximate surface area is 121 Å². The first kappa shape index (κ1) is 12.4. The number of carboxylic acids is 1. The summed E-state index contributed by atoms with van der Waals surface area (Å²) in [7, 11) is 0. The fourth-order valence-corrected chi connectivity index (χ4v) is 3.26. The van der Waals surface area contributed by atoms with Crippen molar-refractivity contribution in [2.24, 2.45) is 5.92 Å². The molecule has 21 heavy (non-hydrogen) atoms. The van der Waals surface area contributed by atoms with Crippen LogP contribution in [-0.2, 0) is 4.79 Å². The molecule has 1 saturated heterocycles. The van der Waals surface area contributed by atoms with E-state index >= 15 is 0 Å². The van der Waals surface area contributed by atoms with Gasteiger partial charge in [0.1, 0.15) is 0 Å². The van der Waals surface area contributed by atoms with E-state index in [1.807, 2.05) is 12.1 Å². The zero-order chi connectivity index (χ0) is 14.4. The Morgan fingerprint density at radius 1 is 1.10 bits per heavy atom. The minimum Gasteiger partial charge on any atom is -0.481 e. The number of benzene rings is 2. The second-order valence-corrected chi connectivity index (χ2v) is 5.71. The number of para-hydroxylation sites is 1. The summed E-state index contributed by atoms with van der Waals surface area (Å²) in [6.45, 7) is 0.548. The van der Waals surface area contributed by atoms with Crippen molar-refractivity contribution in [2.45, 2.75) is 12.5 Å². The Bertz CT molecular complexity index is 837. The highest BCUT2D eigenvalue weighted by Crippen LogP contribution is 2.32. The smallest absolute Gasteiger partial charge is 0.307 e. The lowest BCUT2D eigenvalue weighted by molar-refractivity contribution is -0.141. The molecule has 4 heteroatoms. The third kappa shape index (κ3) is 1.99. The van der Waals surface area contributed by atoms with Gasteiger partial charge in [0.2, 0.25) is 0 Å². The van der Waals surface area contributed by atoms with E-state index in [0.717, 1.165) is 16.6 Å². The quantitative estimate of drug-likeness (QED) is 0.676. The third-order valence-electron chi connectivity index (χ3n) is 4.41. The van der Waals surface area contributed by atoms with E-state index in [0.29, 0.717) is 13.0 Å². The molecule has 106 valence electrons. The van der Waals surface area contributed by atoms with Gasteiger partial charge in [-0.05, 0) is 30.2 Å². The molecule has 3 N–H and O–H groups in total. The first-order valence-electron chi connectivity index (χ1n) is 7.19. The van der Waals surface area contributed by atoms with Crippen LogP contribution < -0.4 is 5.32 Å². The first-order chi connectivity index (χ1) is 10.2. The van der Waals surface area contributed by atoms with Gasteiger partial charge in [-0.3, -0.25) is 4.79 Å². The van der Waals surface area contributed by atoms with Gasteiger partial charge in [0, 0.05) is 34.4 Å². The highest BCUT2D eigenvalue weighted by Gasteiger charge is 2.30. The molecule has 0 saturated carbocycles. The third-order valence-corrected chi connectivity index (χ3v) is 4.41. The van der Waals surface area contributed by atoms with Gasteiger partial charge in [0.05, 0.1) is 5.92 Å². The number of aliphatic carboxylic acids is 1. The number of rotatable bonds is 2. The molecule has 4 nitrogen and oxygen atoms in total. The summed E-state index contributed by atoms with van der Waals surface area (Å²) in [5, 5.41) is 14.8. The maximum Gasteiger partial charge on any atom is 0.307 e. The topological polar surface area (TPSA) is 65.1 Å². The van der Waals surface area contributed by atoms with Gasteiger partial charge in [-0.25, -0.2) is 0 Å². The average Bonchev–Trinajstić information content (AvgIpc) is 3.11. The van der Waals surface area contributed by atoms with Crippen LogP contribution in [0.15, 0.2) is 42.5 Å². The number of fused-ring (bicyclic) bond motifs is 3. The Hall–Kier alpha value is -2.33. The van der Waals surface area contributed by atoms with Gasteiger partial charge >= 0.3 is 5.97 Å². The van der Waals surface area contributed by atoms with E-state index in [1.165, 1.54) is 10.8 Å². The van der Waals surface area contributed by atoms with E-state index in [9.17, 15) is 4.79 Å². The fraction of sp³-hybridized carbons (Fsp3) is 0.235. The van der Waals surface area contributed by atoms with Crippen LogP contribution in [-0.4, -0.2) is 22.6 Å². The van der Waals surface area contributed by atoms with Gasteiger partial charge in [-0.1, -0.05) is 24.3 Å². The Morgan fingerprint density at radius 3 is 2.71 bits per heavy atom. The van der Waals surface area contributed by atoms with Crippen LogP contribution in [0.25, 0.3) is 21.8 Å². The van der Waals surface area contributed by atoms with Crippen LogP contribution in [0.4, 0.5) is 0 Å². The first-order valence-corrected chi connectivity index (χ1v) is 7.19. The van der Waals surface area contributed by atoms with Crippen molar-refractivity contribution in [3.05, 3.63) is 48.0 Å². The molecule has 0 spiro atoms. The van der Waals surface area contributed by atoms with Crippen molar-refractivity contribution >= 4 is 27.8 Å². The van der Waals surface area contributed by atoms with E-state index < -0.39 is 5.97 Å². The van der Waals surface area contributed by atoms with Gasteiger partial charge in [-0.15, -0.1) is 0 Å². The number of hydrogen-bond acceptors (Lipinski definition) is 2. The number of aromatic nitrogens is 1. The van der Waals surface area contributed by atoms with Crippen LogP contribution in [0.1, 0.15) is 18.0 Å². The monoisotopic (exact) mass is 280 g/mol.